The van der Waals surface area contributed by atoms with Crippen LogP contribution in [0.3, 0.4) is 0 Å². The van der Waals surface area contributed by atoms with Gasteiger partial charge in [-0.05, 0) is 35.9 Å². The van der Waals surface area contributed by atoms with Crippen LogP contribution in [0, 0.1) is 0 Å². The number of halogens is 3. The van der Waals surface area contributed by atoms with Crippen LogP contribution in [0.1, 0.15) is 21.5 Å². The number of rotatable bonds is 5. The van der Waals surface area contributed by atoms with E-state index in [0.29, 0.717) is 17.1 Å². The molecule has 0 aliphatic carbocycles. The highest BCUT2D eigenvalue weighted by molar-refractivity contribution is 5.96. The average Bonchev–Trinajstić information content (AvgIpc) is 2.60. The highest BCUT2D eigenvalue weighted by atomic mass is 19.4. The Morgan fingerprint density at radius 1 is 1.08 bits per heavy atom. The van der Waals surface area contributed by atoms with Crippen LogP contribution < -0.4 is 14.9 Å². The summed E-state index contributed by atoms with van der Waals surface area (Å²) in [7, 11) is 2.96. The Kier molecular flexibility index (Phi) is 5.63. The standard InChI is InChI=1S/C17H15F3N2O3/c1-24-14-8-7-11(9-15(14)25-2)10-21-22-16(23)12-5-3-4-6-13(12)17(18,19)20/h3-10H,1-2H3,(H,22,23)/b21-10+. The topological polar surface area (TPSA) is 59.9 Å². The number of nitrogens with one attached hydrogen (secondary N) is 1. The van der Waals surface area contributed by atoms with Gasteiger partial charge in [-0.3, -0.25) is 4.79 Å². The fraction of sp³-hybridized carbons (Fsp3) is 0.176. The molecule has 0 heterocycles. The van der Waals surface area contributed by atoms with Crippen LogP contribution in [0.25, 0.3) is 0 Å². The summed E-state index contributed by atoms with van der Waals surface area (Å²) in [6.45, 7) is 0. The highest BCUT2D eigenvalue weighted by Crippen LogP contribution is 2.31. The van der Waals surface area contributed by atoms with Crippen LogP contribution in [-0.4, -0.2) is 26.3 Å². The number of benzene rings is 2. The van der Waals surface area contributed by atoms with E-state index in [0.717, 1.165) is 12.1 Å². The summed E-state index contributed by atoms with van der Waals surface area (Å²) in [5, 5.41) is 3.68. The molecule has 0 saturated heterocycles. The normalized spacial score (nSPS) is 11.4. The zero-order chi connectivity index (χ0) is 18.4. The van der Waals surface area contributed by atoms with Crippen molar-refractivity contribution in [1.29, 1.82) is 0 Å². The molecule has 1 amide bonds. The molecule has 0 aliphatic heterocycles. The van der Waals surface area contributed by atoms with Crippen LogP contribution >= 0.6 is 0 Å². The SMILES string of the molecule is COc1ccc(/C=N/NC(=O)c2ccccc2C(F)(F)F)cc1OC. The molecular weight excluding hydrogens is 337 g/mol. The van der Waals surface area contributed by atoms with Gasteiger partial charge in [-0.2, -0.15) is 18.3 Å². The predicted octanol–water partition coefficient (Wildman–Crippen LogP) is 3.49. The molecule has 25 heavy (non-hydrogen) atoms. The lowest BCUT2D eigenvalue weighted by molar-refractivity contribution is -0.137. The van der Waals surface area contributed by atoms with E-state index in [1.165, 1.54) is 32.6 Å². The summed E-state index contributed by atoms with van der Waals surface area (Å²) >= 11 is 0. The third kappa shape index (κ3) is 4.50. The van der Waals surface area contributed by atoms with Crippen molar-refractivity contribution in [1.82, 2.24) is 5.43 Å². The molecule has 0 atom stereocenters. The fourth-order valence-electron chi connectivity index (χ4n) is 2.09. The third-order valence-electron chi connectivity index (χ3n) is 3.26. The number of carbonyl (C=O) groups excluding carboxylic acids is 1. The number of amides is 1. The van der Waals surface area contributed by atoms with Crippen LogP contribution in [0.2, 0.25) is 0 Å². The summed E-state index contributed by atoms with van der Waals surface area (Å²) in [6.07, 6.45) is -3.34. The van der Waals surface area contributed by atoms with Gasteiger partial charge in [0.25, 0.3) is 5.91 Å². The number of carbonyl (C=O) groups is 1. The van der Waals surface area contributed by atoms with E-state index in [1.807, 2.05) is 0 Å². The first kappa shape index (κ1) is 18.3. The van der Waals surface area contributed by atoms with Crippen LogP contribution in [0.15, 0.2) is 47.6 Å². The van der Waals surface area contributed by atoms with E-state index in [9.17, 15) is 18.0 Å². The molecule has 0 aliphatic rings. The van der Waals surface area contributed by atoms with E-state index < -0.39 is 23.2 Å². The Morgan fingerprint density at radius 3 is 2.40 bits per heavy atom. The van der Waals surface area contributed by atoms with Crippen LogP contribution in [0.4, 0.5) is 13.2 Å². The Labute approximate surface area is 142 Å². The van der Waals surface area contributed by atoms with Crippen molar-refractivity contribution in [2.24, 2.45) is 5.10 Å². The molecule has 8 heteroatoms. The minimum absolute atomic E-state index is 0.459. The molecule has 0 saturated carbocycles. The molecule has 1 N–H and O–H groups in total. The van der Waals surface area contributed by atoms with Gasteiger partial charge >= 0.3 is 6.18 Å². The lowest BCUT2D eigenvalue weighted by Gasteiger charge is -2.11. The van der Waals surface area contributed by atoms with Gasteiger partial charge < -0.3 is 9.47 Å². The maximum atomic E-state index is 12.9. The van der Waals surface area contributed by atoms with Gasteiger partial charge in [-0.15, -0.1) is 0 Å². The minimum atomic E-state index is -4.62. The monoisotopic (exact) mass is 352 g/mol. The molecule has 2 rings (SSSR count). The lowest BCUT2D eigenvalue weighted by Crippen LogP contribution is -2.22. The molecule has 2 aromatic rings. The number of hydrazone groups is 1. The van der Waals surface area contributed by atoms with E-state index in [-0.39, 0.29) is 0 Å². The largest absolute Gasteiger partial charge is 0.493 e. The predicted molar refractivity (Wildman–Crippen MR) is 86.1 cm³/mol. The number of alkyl halides is 3. The molecule has 0 aromatic heterocycles. The fourth-order valence-corrected chi connectivity index (χ4v) is 2.09. The molecule has 0 unspecified atom stereocenters. The van der Waals surface area contributed by atoms with Crippen molar-refractivity contribution < 1.29 is 27.4 Å². The molecule has 0 fully saturated rings. The number of hydrogen-bond acceptors (Lipinski definition) is 4. The molecule has 5 nitrogen and oxygen atoms in total. The lowest BCUT2D eigenvalue weighted by atomic mass is 10.1. The Morgan fingerprint density at radius 2 is 1.76 bits per heavy atom. The quantitative estimate of drug-likeness (QED) is 0.662. The average molecular weight is 352 g/mol. The Balaban J connectivity index is 2.14. The summed E-state index contributed by atoms with van der Waals surface area (Å²) in [5.74, 6) is 0.0210. The van der Waals surface area contributed by atoms with E-state index in [1.54, 1.807) is 18.2 Å². The second-order valence-electron chi connectivity index (χ2n) is 4.86. The first-order valence-electron chi connectivity index (χ1n) is 7.08. The molecule has 0 radical (unpaired) electrons. The van der Waals surface area contributed by atoms with Crippen molar-refractivity contribution in [2.45, 2.75) is 6.18 Å². The van der Waals surface area contributed by atoms with Crippen molar-refractivity contribution in [3.8, 4) is 11.5 Å². The second-order valence-corrected chi connectivity index (χ2v) is 4.86. The summed E-state index contributed by atoms with van der Waals surface area (Å²) in [6, 6.07) is 9.39. The maximum absolute atomic E-state index is 12.9. The van der Waals surface area contributed by atoms with Crippen LogP contribution in [0.5, 0.6) is 11.5 Å². The van der Waals surface area contributed by atoms with E-state index >= 15 is 0 Å². The smallest absolute Gasteiger partial charge is 0.417 e. The number of hydrogen-bond donors (Lipinski definition) is 1. The zero-order valence-corrected chi connectivity index (χ0v) is 13.4. The van der Waals surface area contributed by atoms with Gasteiger partial charge in [-0.25, -0.2) is 5.43 Å². The number of methoxy groups -OCH3 is 2. The van der Waals surface area contributed by atoms with Gasteiger partial charge in [-0.1, -0.05) is 12.1 Å². The van der Waals surface area contributed by atoms with Gasteiger partial charge in [0.15, 0.2) is 11.5 Å². The zero-order valence-electron chi connectivity index (χ0n) is 13.4. The van der Waals surface area contributed by atoms with Gasteiger partial charge in [0, 0.05) is 0 Å². The van der Waals surface area contributed by atoms with E-state index in [4.69, 9.17) is 9.47 Å². The van der Waals surface area contributed by atoms with Gasteiger partial charge in [0.1, 0.15) is 0 Å². The third-order valence-corrected chi connectivity index (χ3v) is 3.26. The highest BCUT2D eigenvalue weighted by Gasteiger charge is 2.34. The summed E-state index contributed by atoms with van der Waals surface area (Å²) in [5.41, 5.74) is 1.14. The Bertz CT molecular complexity index is 789. The van der Waals surface area contributed by atoms with Crippen molar-refractivity contribution in [3.63, 3.8) is 0 Å². The molecule has 0 spiro atoms. The number of nitrogens with zero attached hydrogens (tertiary/aromatic N) is 1. The van der Waals surface area contributed by atoms with Crippen molar-refractivity contribution in [2.75, 3.05) is 14.2 Å². The number of ether oxygens (including phenoxy) is 2. The van der Waals surface area contributed by atoms with Crippen molar-refractivity contribution >= 4 is 12.1 Å². The maximum Gasteiger partial charge on any atom is 0.417 e. The summed E-state index contributed by atoms with van der Waals surface area (Å²) in [4.78, 5) is 12.0. The van der Waals surface area contributed by atoms with Crippen molar-refractivity contribution in [3.05, 3.63) is 59.2 Å². The summed E-state index contributed by atoms with van der Waals surface area (Å²) < 4.78 is 48.9. The second kappa shape index (κ2) is 7.69. The van der Waals surface area contributed by atoms with E-state index in [2.05, 4.69) is 10.5 Å². The Hall–Kier alpha value is -3.03. The first-order valence-corrected chi connectivity index (χ1v) is 7.08. The van der Waals surface area contributed by atoms with Gasteiger partial charge in [0.2, 0.25) is 0 Å². The molecular formula is C17H15F3N2O3. The van der Waals surface area contributed by atoms with Crippen LogP contribution in [-0.2, 0) is 6.18 Å². The molecule has 132 valence electrons. The molecule has 0 bridgehead atoms. The molecule has 2 aromatic carbocycles. The van der Waals surface area contributed by atoms with Gasteiger partial charge in [0.05, 0.1) is 31.6 Å². The minimum Gasteiger partial charge on any atom is -0.493 e. The first-order chi connectivity index (χ1) is 11.9.